The smallest absolute Gasteiger partial charge is 0.131 e. The standard InChI is InChI=1S/C15H26N4/c1-4-7-16-14-9-15(18-10-17-14)19-13-6-5-11(2)8-12(13)3/h9-13H,4-8H2,1-3H3,(H2,16,17,18,19). The monoisotopic (exact) mass is 262 g/mol. The first-order valence-corrected chi connectivity index (χ1v) is 7.51. The van der Waals surface area contributed by atoms with Crippen LogP contribution in [0.25, 0.3) is 0 Å². The minimum atomic E-state index is 0.546. The fourth-order valence-electron chi connectivity index (χ4n) is 2.86. The van der Waals surface area contributed by atoms with Crippen LogP contribution in [-0.4, -0.2) is 22.6 Å². The van der Waals surface area contributed by atoms with Crippen molar-refractivity contribution in [2.45, 2.75) is 52.5 Å². The van der Waals surface area contributed by atoms with Crippen molar-refractivity contribution in [2.24, 2.45) is 11.8 Å². The first-order chi connectivity index (χ1) is 9.19. The van der Waals surface area contributed by atoms with E-state index in [1.807, 2.05) is 6.07 Å². The van der Waals surface area contributed by atoms with E-state index in [0.717, 1.165) is 30.5 Å². The van der Waals surface area contributed by atoms with E-state index in [4.69, 9.17) is 0 Å². The summed E-state index contributed by atoms with van der Waals surface area (Å²) in [7, 11) is 0. The first kappa shape index (κ1) is 14.1. The van der Waals surface area contributed by atoms with Crippen LogP contribution in [0.15, 0.2) is 12.4 Å². The molecule has 19 heavy (non-hydrogen) atoms. The molecule has 106 valence electrons. The lowest BCUT2D eigenvalue weighted by atomic mass is 9.80. The predicted octanol–water partition coefficient (Wildman–Crippen LogP) is 3.54. The topological polar surface area (TPSA) is 49.8 Å². The summed E-state index contributed by atoms with van der Waals surface area (Å²) in [5.41, 5.74) is 0. The highest BCUT2D eigenvalue weighted by molar-refractivity contribution is 5.47. The van der Waals surface area contributed by atoms with Gasteiger partial charge in [0.1, 0.15) is 18.0 Å². The summed E-state index contributed by atoms with van der Waals surface area (Å²) in [5, 5.41) is 6.88. The van der Waals surface area contributed by atoms with Gasteiger partial charge in [0.15, 0.2) is 0 Å². The van der Waals surface area contributed by atoms with Gasteiger partial charge in [0.25, 0.3) is 0 Å². The number of nitrogens with one attached hydrogen (secondary N) is 2. The van der Waals surface area contributed by atoms with E-state index in [9.17, 15) is 0 Å². The SMILES string of the molecule is CCCNc1cc(NC2CCC(C)CC2C)ncn1. The summed E-state index contributed by atoms with van der Waals surface area (Å²) < 4.78 is 0. The minimum Gasteiger partial charge on any atom is -0.370 e. The molecular formula is C15H26N4. The summed E-state index contributed by atoms with van der Waals surface area (Å²) in [4.78, 5) is 8.57. The third-order valence-corrected chi connectivity index (χ3v) is 3.99. The van der Waals surface area contributed by atoms with Crippen LogP contribution in [0.2, 0.25) is 0 Å². The molecule has 0 spiro atoms. The number of anilines is 2. The Labute approximate surface area is 116 Å². The van der Waals surface area contributed by atoms with Crippen LogP contribution in [0.1, 0.15) is 46.5 Å². The van der Waals surface area contributed by atoms with Gasteiger partial charge in [-0.3, -0.25) is 0 Å². The van der Waals surface area contributed by atoms with Crippen LogP contribution in [-0.2, 0) is 0 Å². The van der Waals surface area contributed by atoms with Gasteiger partial charge < -0.3 is 10.6 Å². The molecule has 1 aliphatic rings. The molecule has 3 atom stereocenters. The van der Waals surface area contributed by atoms with Gasteiger partial charge in [0, 0.05) is 18.7 Å². The van der Waals surface area contributed by atoms with Gasteiger partial charge in [-0.15, -0.1) is 0 Å². The van der Waals surface area contributed by atoms with Gasteiger partial charge in [-0.1, -0.05) is 20.8 Å². The molecule has 2 rings (SSSR count). The zero-order chi connectivity index (χ0) is 13.7. The lowest BCUT2D eigenvalue weighted by molar-refractivity contribution is 0.276. The minimum absolute atomic E-state index is 0.546. The van der Waals surface area contributed by atoms with Crippen molar-refractivity contribution in [1.29, 1.82) is 0 Å². The lowest BCUT2D eigenvalue weighted by Crippen LogP contribution is -2.33. The van der Waals surface area contributed by atoms with Gasteiger partial charge in [-0.2, -0.15) is 0 Å². The van der Waals surface area contributed by atoms with Gasteiger partial charge in [0.2, 0.25) is 0 Å². The molecule has 0 aromatic carbocycles. The molecule has 1 aliphatic carbocycles. The molecule has 0 aliphatic heterocycles. The van der Waals surface area contributed by atoms with E-state index < -0.39 is 0 Å². The van der Waals surface area contributed by atoms with Gasteiger partial charge in [-0.05, 0) is 37.5 Å². The van der Waals surface area contributed by atoms with Gasteiger partial charge >= 0.3 is 0 Å². The van der Waals surface area contributed by atoms with Crippen molar-refractivity contribution >= 4 is 11.6 Å². The molecular weight excluding hydrogens is 236 g/mol. The number of hydrogen-bond acceptors (Lipinski definition) is 4. The quantitative estimate of drug-likeness (QED) is 0.852. The molecule has 0 radical (unpaired) electrons. The van der Waals surface area contributed by atoms with Gasteiger partial charge in [-0.25, -0.2) is 9.97 Å². The summed E-state index contributed by atoms with van der Waals surface area (Å²) in [6, 6.07) is 2.56. The average Bonchev–Trinajstić information content (AvgIpc) is 2.40. The summed E-state index contributed by atoms with van der Waals surface area (Å²) >= 11 is 0. The van der Waals surface area contributed by atoms with E-state index >= 15 is 0 Å². The molecule has 1 aromatic rings. The largest absolute Gasteiger partial charge is 0.370 e. The van der Waals surface area contributed by atoms with Crippen LogP contribution in [0, 0.1) is 11.8 Å². The van der Waals surface area contributed by atoms with E-state index in [1.54, 1.807) is 6.33 Å². The molecule has 0 saturated heterocycles. The summed E-state index contributed by atoms with van der Waals surface area (Å²) in [6.07, 6.45) is 6.60. The number of rotatable bonds is 5. The van der Waals surface area contributed by atoms with E-state index in [-0.39, 0.29) is 0 Å². The maximum Gasteiger partial charge on any atom is 0.131 e. The fourth-order valence-corrected chi connectivity index (χ4v) is 2.86. The molecule has 2 N–H and O–H groups in total. The van der Waals surface area contributed by atoms with Crippen molar-refractivity contribution in [1.82, 2.24) is 9.97 Å². The molecule has 0 bridgehead atoms. The number of hydrogen-bond donors (Lipinski definition) is 2. The zero-order valence-corrected chi connectivity index (χ0v) is 12.3. The summed E-state index contributed by atoms with van der Waals surface area (Å²) in [5.74, 6) is 3.43. The Balaban J connectivity index is 1.94. The first-order valence-electron chi connectivity index (χ1n) is 7.51. The highest BCUT2D eigenvalue weighted by Gasteiger charge is 2.25. The normalized spacial score (nSPS) is 27.0. The average molecular weight is 262 g/mol. The van der Waals surface area contributed by atoms with Crippen LogP contribution < -0.4 is 10.6 Å². The van der Waals surface area contributed by atoms with Crippen LogP contribution >= 0.6 is 0 Å². The van der Waals surface area contributed by atoms with Crippen molar-refractivity contribution in [2.75, 3.05) is 17.2 Å². The van der Waals surface area contributed by atoms with E-state index in [2.05, 4.69) is 41.4 Å². The second-order valence-corrected chi connectivity index (χ2v) is 5.86. The summed E-state index contributed by atoms with van der Waals surface area (Å²) in [6.45, 7) is 7.79. The Morgan fingerprint density at radius 2 is 2.00 bits per heavy atom. The highest BCUT2D eigenvalue weighted by Crippen LogP contribution is 2.30. The van der Waals surface area contributed by atoms with Crippen LogP contribution in [0.4, 0.5) is 11.6 Å². The Hall–Kier alpha value is -1.32. The Bertz CT molecular complexity index is 393. The van der Waals surface area contributed by atoms with Crippen LogP contribution in [0.5, 0.6) is 0 Å². The molecule has 1 saturated carbocycles. The number of nitrogens with zero attached hydrogens (tertiary/aromatic N) is 2. The van der Waals surface area contributed by atoms with Crippen LogP contribution in [0.3, 0.4) is 0 Å². The lowest BCUT2D eigenvalue weighted by Gasteiger charge is -2.33. The molecule has 1 fully saturated rings. The fraction of sp³-hybridized carbons (Fsp3) is 0.733. The Morgan fingerprint density at radius 3 is 2.74 bits per heavy atom. The predicted molar refractivity (Wildman–Crippen MR) is 80.4 cm³/mol. The molecule has 0 amide bonds. The number of aromatic nitrogens is 2. The van der Waals surface area contributed by atoms with Crippen molar-refractivity contribution < 1.29 is 0 Å². The van der Waals surface area contributed by atoms with Gasteiger partial charge in [0.05, 0.1) is 0 Å². The van der Waals surface area contributed by atoms with E-state index in [1.165, 1.54) is 19.3 Å². The van der Waals surface area contributed by atoms with E-state index in [0.29, 0.717) is 12.0 Å². The molecule has 1 aromatic heterocycles. The third kappa shape index (κ3) is 4.08. The maximum atomic E-state index is 4.33. The second-order valence-electron chi connectivity index (χ2n) is 5.86. The zero-order valence-electron chi connectivity index (χ0n) is 12.3. The maximum absolute atomic E-state index is 4.33. The Kier molecular flexibility index (Phi) is 5.00. The highest BCUT2D eigenvalue weighted by atomic mass is 15.1. The Morgan fingerprint density at radius 1 is 1.21 bits per heavy atom. The van der Waals surface area contributed by atoms with Crippen molar-refractivity contribution in [3.8, 4) is 0 Å². The molecule has 1 heterocycles. The molecule has 3 unspecified atom stereocenters. The molecule has 4 heteroatoms. The van der Waals surface area contributed by atoms with Crippen molar-refractivity contribution in [3.05, 3.63) is 12.4 Å². The third-order valence-electron chi connectivity index (χ3n) is 3.99. The second kappa shape index (κ2) is 6.73. The molecule has 4 nitrogen and oxygen atoms in total. The van der Waals surface area contributed by atoms with Crippen molar-refractivity contribution in [3.63, 3.8) is 0 Å².